The van der Waals surface area contributed by atoms with Crippen molar-refractivity contribution in [1.29, 1.82) is 5.41 Å². The van der Waals surface area contributed by atoms with Gasteiger partial charge in [-0.05, 0) is 5.56 Å². The number of carbonyl (C=O) groups is 2. The third kappa shape index (κ3) is 4.14. The number of nitrogens with two attached hydrogens (primary N) is 1. The fraction of sp³-hybridized carbons (Fsp3) is 0.100. The zero-order chi connectivity index (χ0) is 11.4. The number of nitrogen functional groups attached to an aromatic ring is 1. The van der Waals surface area contributed by atoms with E-state index in [0.717, 1.165) is 0 Å². The van der Waals surface area contributed by atoms with Gasteiger partial charge in [-0.25, -0.2) is 0 Å². The molecule has 16 heavy (non-hydrogen) atoms. The van der Waals surface area contributed by atoms with Crippen molar-refractivity contribution in [2.75, 3.05) is 0 Å². The summed E-state index contributed by atoms with van der Waals surface area (Å²) in [6.45, 7) is 0. The maximum atomic E-state index is 10.8. The van der Waals surface area contributed by atoms with Gasteiger partial charge in [0, 0.05) is 12.0 Å². The largest absolute Gasteiger partial charge is 1.00 e. The monoisotopic (exact) mass is 228 g/mol. The summed E-state index contributed by atoms with van der Waals surface area (Å²) in [5.74, 6) is -2.73. The molecule has 0 amide bonds. The Morgan fingerprint density at radius 2 is 1.75 bits per heavy atom. The number of Topliss-reactive ketones (excluding diaryl/α,β-unsaturated/α-hetero) is 1. The van der Waals surface area contributed by atoms with E-state index in [1.165, 1.54) is 0 Å². The molecule has 0 saturated carbocycles. The summed E-state index contributed by atoms with van der Waals surface area (Å²) in [5.41, 5.74) is 6.30. The minimum Gasteiger partial charge on any atom is -0.542 e. The molecule has 0 radical (unpaired) electrons. The number of aliphatic carboxylic acids is 1. The zero-order valence-electron chi connectivity index (χ0n) is 8.82. The first-order chi connectivity index (χ1) is 7.00. The van der Waals surface area contributed by atoms with Crippen molar-refractivity contribution in [3.8, 4) is 0 Å². The van der Waals surface area contributed by atoms with E-state index in [2.05, 4.69) is 0 Å². The third-order valence-electron chi connectivity index (χ3n) is 1.86. The van der Waals surface area contributed by atoms with Crippen LogP contribution in [0.15, 0.2) is 24.3 Å². The van der Waals surface area contributed by atoms with Crippen LogP contribution in [0.5, 0.6) is 0 Å². The Labute approximate surface area is 114 Å². The van der Waals surface area contributed by atoms with Gasteiger partial charge in [0.15, 0.2) is 5.78 Å². The van der Waals surface area contributed by atoms with Crippen molar-refractivity contribution < 1.29 is 44.3 Å². The molecule has 0 aliphatic carbocycles. The molecule has 0 aromatic heterocycles. The molecule has 1 aromatic carbocycles. The molecule has 0 atom stereocenters. The van der Waals surface area contributed by atoms with Gasteiger partial charge in [0.25, 0.3) is 0 Å². The van der Waals surface area contributed by atoms with Crippen LogP contribution in [0.1, 0.15) is 11.1 Å². The molecule has 1 rings (SSSR count). The summed E-state index contributed by atoms with van der Waals surface area (Å²) in [5, 5.41) is 17.3. The number of rotatable bonds is 4. The second kappa shape index (κ2) is 6.42. The van der Waals surface area contributed by atoms with Gasteiger partial charge in [-0.2, -0.15) is 0 Å². The number of carboxylic acid groups (broad SMARTS) is 1. The Kier molecular flexibility index (Phi) is 5.95. The van der Waals surface area contributed by atoms with Gasteiger partial charge in [0.05, 0.1) is 0 Å². The van der Waals surface area contributed by atoms with E-state index in [-0.39, 0.29) is 41.8 Å². The second-order valence-electron chi connectivity index (χ2n) is 3.00. The first-order valence-corrected chi connectivity index (χ1v) is 4.18. The van der Waals surface area contributed by atoms with E-state index in [1.54, 1.807) is 24.3 Å². The Balaban J connectivity index is 0.00000225. The molecule has 0 fully saturated rings. The number of carbonyl (C=O) groups excluding carboxylic acids is 2. The molecule has 0 saturated heterocycles. The Morgan fingerprint density at radius 1 is 1.25 bits per heavy atom. The van der Waals surface area contributed by atoms with E-state index in [4.69, 9.17) is 11.1 Å². The van der Waals surface area contributed by atoms with Gasteiger partial charge >= 0.3 is 29.6 Å². The molecule has 0 spiro atoms. The van der Waals surface area contributed by atoms with Crippen LogP contribution in [0.2, 0.25) is 0 Å². The van der Waals surface area contributed by atoms with E-state index in [0.29, 0.717) is 11.1 Å². The van der Waals surface area contributed by atoms with Crippen LogP contribution in [0.25, 0.3) is 0 Å². The molecular formula is C10H9N2NaO3. The van der Waals surface area contributed by atoms with Crippen LogP contribution in [0, 0.1) is 5.41 Å². The SMILES string of the molecule is N=C(N)c1ccc(CC(=O)C(=O)[O-])cc1.[Na+]. The quantitative estimate of drug-likeness (QED) is 0.236. The molecule has 6 heteroatoms. The maximum Gasteiger partial charge on any atom is 1.00 e. The van der Waals surface area contributed by atoms with Gasteiger partial charge in [0.1, 0.15) is 11.8 Å². The summed E-state index contributed by atoms with van der Waals surface area (Å²) in [6.07, 6.45) is -0.208. The minimum atomic E-state index is -1.69. The molecule has 78 valence electrons. The Morgan fingerprint density at radius 3 is 2.12 bits per heavy atom. The molecule has 0 heterocycles. The van der Waals surface area contributed by atoms with Crippen molar-refractivity contribution >= 4 is 17.6 Å². The molecule has 1 aromatic rings. The van der Waals surface area contributed by atoms with Gasteiger partial charge in [-0.3, -0.25) is 10.2 Å². The maximum absolute atomic E-state index is 10.8. The second-order valence-corrected chi connectivity index (χ2v) is 3.00. The minimum absolute atomic E-state index is 0. The fourth-order valence-electron chi connectivity index (χ4n) is 1.06. The molecule has 5 nitrogen and oxygen atoms in total. The van der Waals surface area contributed by atoms with Crippen LogP contribution in [0.4, 0.5) is 0 Å². The van der Waals surface area contributed by atoms with E-state index in [9.17, 15) is 14.7 Å². The average Bonchev–Trinajstić information content (AvgIpc) is 2.18. The standard InChI is InChI=1S/C10H10N2O3.Na/c11-9(12)7-3-1-6(2-4-7)5-8(13)10(14)15;/h1-4H,5H2,(H3,11,12)(H,14,15);/q;+1/p-1. The summed E-state index contributed by atoms with van der Waals surface area (Å²) in [6, 6.07) is 6.22. The number of hydrogen-bond acceptors (Lipinski definition) is 4. The molecule has 0 aliphatic rings. The van der Waals surface area contributed by atoms with Gasteiger partial charge < -0.3 is 15.6 Å². The smallest absolute Gasteiger partial charge is 0.542 e. The van der Waals surface area contributed by atoms with Gasteiger partial charge in [0.2, 0.25) is 0 Å². The normalized spacial score (nSPS) is 9.00. The van der Waals surface area contributed by atoms with Crippen LogP contribution in [0.3, 0.4) is 0 Å². The summed E-state index contributed by atoms with van der Waals surface area (Å²) in [7, 11) is 0. The number of hydrogen-bond donors (Lipinski definition) is 2. The first kappa shape index (κ1) is 14.8. The number of carboxylic acids is 1. The first-order valence-electron chi connectivity index (χ1n) is 4.18. The molecule has 0 aliphatic heterocycles. The molecule has 0 unspecified atom stereocenters. The summed E-state index contributed by atoms with van der Waals surface area (Å²) < 4.78 is 0. The third-order valence-corrected chi connectivity index (χ3v) is 1.86. The van der Waals surface area contributed by atoms with Crippen molar-refractivity contribution in [2.24, 2.45) is 5.73 Å². The van der Waals surface area contributed by atoms with Crippen molar-refractivity contribution in [2.45, 2.75) is 6.42 Å². The molecule has 0 bridgehead atoms. The number of ketones is 1. The van der Waals surface area contributed by atoms with Crippen LogP contribution < -0.4 is 40.4 Å². The van der Waals surface area contributed by atoms with Crippen molar-refractivity contribution in [3.05, 3.63) is 35.4 Å². The topological polar surface area (TPSA) is 107 Å². The zero-order valence-corrected chi connectivity index (χ0v) is 10.8. The van der Waals surface area contributed by atoms with Gasteiger partial charge in [-0.1, -0.05) is 24.3 Å². The van der Waals surface area contributed by atoms with Crippen LogP contribution in [-0.2, 0) is 16.0 Å². The predicted molar refractivity (Wildman–Crippen MR) is 51.2 cm³/mol. The molecule has 3 N–H and O–H groups in total. The summed E-state index contributed by atoms with van der Waals surface area (Å²) in [4.78, 5) is 21.0. The predicted octanol–water partition coefficient (Wildman–Crippen LogP) is -4.16. The molecular weight excluding hydrogens is 219 g/mol. The van der Waals surface area contributed by atoms with Crippen molar-refractivity contribution in [3.63, 3.8) is 0 Å². The van der Waals surface area contributed by atoms with Crippen molar-refractivity contribution in [1.82, 2.24) is 0 Å². The summed E-state index contributed by atoms with van der Waals surface area (Å²) >= 11 is 0. The van der Waals surface area contributed by atoms with Crippen LogP contribution >= 0.6 is 0 Å². The van der Waals surface area contributed by atoms with E-state index >= 15 is 0 Å². The van der Waals surface area contributed by atoms with Gasteiger partial charge in [-0.15, -0.1) is 0 Å². The van der Waals surface area contributed by atoms with E-state index < -0.39 is 11.8 Å². The van der Waals surface area contributed by atoms with Crippen LogP contribution in [-0.4, -0.2) is 17.6 Å². The Hall–Kier alpha value is -1.17. The number of amidine groups is 1. The van der Waals surface area contributed by atoms with E-state index in [1.807, 2.05) is 0 Å². The fourth-order valence-corrected chi connectivity index (χ4v) is 1.06. The number of benzene rings is 1. The average molecular weight is 228 g/mol. The Bertz CT molecular complexity index is 415. The number of nitrogens with one attached hydrogen (secondary N) is 1.